The van der Waals surface area contributed by atoms with E-state index < -0.39 is 10.0 Å². The number of fused-ring (bicyclic) bond motifs is 3. The number of piperidine rings is 1. The van der Waals surface area contributed by atoms with Gasteiger partial charge in [-0.1, -0.05) is 27.7 Å². The minimum atomic E-state index is -3.69. The van der Waals surface area contributed by atoms with Gasteiger partial charge in [0.15, 0.2) is 0 Å². The maximum atomic E-state index is 13.5. The molecule has 3 rings (SSSR count). The molecule has 0 saturated carbocycles. The van der Waals surface area contributed by atoms with E-state index in [-0.39, 0.29) is 29.3 Å². The van der Waals surface area contributed by atoms with Gasteiger partial charge in [-0.05, 0) is 50.6 Å². The molecule has 0 radical (unpaired) electrons. The Morgan fingerprint density at radius 3 is 2.41 bits per heavy atom. The van der Waals surface area contributed by atoms with Crippen molar-refractivity contribution in [1.82, 2.24) is 14.5 Å². The van der Waals surface area contributed by atoms with Gasteiger partial charge in [0.05, 0.1) is 16.3 Å². The highest BCUT2D eigenvalue weighted by atomic mass is 32.2. The van der Waals surface area contributed by atoms with Gasteiger partial charge in [0, 0.05) is 32.7 Å². The Labute approximate surface area is 204 Å². The maximum Gasteiger partial charge on any atom is 0.250 e. The standard InChI is InChI=1S/C24H39N5O4S/c1-5-26(6-2)16-14-25-23(30)18-29-22-17-19(34(32,33)27(7-3)8-4)12-13-20(22)28-15-10-9-11-21(28)24(29)31/h12-13,17,21H,5-11,14-16,18H2,1-4H3,(H,25,30)/t21-/m0/s1. The summed E-state index contributed by atoms with van der Waals surface area (Å²) in [5.41, 5.74) is 1.31. The van der Waals surface area contributed by atoms with Gasteiger partial charge in [0.2, 0.25) is 21.8 Å². The topological polar surface area (TPSA) is 93.3 Å². The molecule has 2 amide bonds. The molecule has 10 heteroatoms. The fourth-order valence-corrected chi connectivity index (χ4v) is 6.35. The van der Waals surface area contributed by atoms with Crippen molar-refractivity contribution in [2.75, 3.05) is 62.2 Å². The number of benzene rings is 1. The van der Waals surface area contributed by atoms with E-state index in [1.807, 2.05) is 0 Å². The lowest BCUT2D eigenvalue weighted by molar-refractivity contribution is -0.125. The van der Waals surface area contributed by atoms with Crippen LogP contribution in [0.3, 0.4) is 0 Å². The van der Waals surface area contributed by atoms with Crippen LogP contribution in [0.15, 0.2) is 23.1 Å². The number of amides is 2. The molecule has 1 N–H and O–H groups in total. The predicted octanol–water partition coefficient (Wildman–Crippen LogP) is 1.88. The summed E-state index contributed by atoms with van der Waals surface area (Å²) >= 11 is 0. The Morgan fingerprint density at radius 1 is 1.06 bits per heavy atom. The molecule has 0 unspecified atom stereocenters. The molecular weight excluding hydrogens is 454 g/mol. The molecule has 1 saturated heterocycles. The molecule has 1 fully saturated rings. The van der Waals surface area contributed by atoms with E-state index in [9.17, 15) is 18.0 Å². The molecule has 1 aromatic rings. The molecule has 2 aliphatic heterocycles. The molecule has 2 heterocycles. The lowest BCUT2D eigenvalue weighted by atomic mass is 9.96. The summed E-state index contributed by atoms with van der Waals surface area (Å²) in [5, 5.41) is 2.92. The van der Waals surface area contributed by atoms with Crippen molar-refractivity contribution >= 4 is 33.2 Å². The van der Waals surface area contributed by atoms with Gasteiger partial charge in [-0.15, -0.1) is 0 Å². The SMILES string of the molecule is CCN(CC)CCNC(=O)CN1C(=O)[C@@H]2CCCCN2c2ccc(S(=O)(=O)N(CC)CC)cc21. The van der Waals surface area contributed by atoms with Crippen molar-refractivity contribution in [2.45, 2.75) is 57.9 Å². The number of anilines is 2. The zero-order valence-corrected chi connectivity index (χ0v) is 21.7. The van der Waals surface area contributed by atoms with Crippen LogP contribution >= 0.6 is 0 Å². The second kappa shape index (κ2) is 11.5. The van der Waals surface area contributed by atoms with E-state index in [0.29, 0.717) is 25.3 Å². The molecule has 9 nitrogen and oxygen atoms in total. The number of likely N-dealkylation sites (N-methyl/N-ethyl adjacent to an activating group) is 1. The first kappa shape index (κ1) is 26.4. The van der Waals surface area contributed by atoms with E-state index in [4.69, 9.17) is 0 Å². The molecule has 1 aromatic carbocycles. The quantitative estimate of drug-likeness (QED) is 0.506. The second-order valence-corrected chi connectivity index (χ2v) is 10.7. The Hall–Kier alpha value is -2.17. The van der Waals surface area contributed by atoms with Crippen molar-refractivity contribution in [1.29, 1.82) is 0 Å². The summed E-state index contributed by atoms with van der Waals surface area (Å²) in [6.45, 7) is 12.2. The van der Waals surface area contributed by atoms with Gasteiger partial charge in [-0.3, -0.25) is 14.5 Å². The maximum absolute atomic E-state index is 13.5. The summed E-state index contributed by atoms with van der Waals surface area (Å²) < 4.78 is 27.7. The lowest BCUT2D eigenvalue weighted by Gasteiger charge is -2.45. The smallest absolute Gasteiger partial charge is 0.250 e. The summed E-state index contributed by atoms with van der Waals surface area (Å²) in [6.07, 6.45) is 2.67. The average Bonchev–Trinajstić information content (AvgIpc) is 2.84. The first-order chi connectivity index (χ1) is 16.3. The molecule has 34 heavy (non-hydrogen) atoms. The van der Waals surface area contributed by atoms with Crippen LogP contribution in [0.25, 0.3) is 0 Å². The van der Waals surface area contributed by atoms with Crippen LogP contribution in [0.5, 0.6) is 0 Å². The molecule has 0 spiro atoms. The Bertz CT molecular complexity index is 976. The monoisotopic (exact) mass is 493 g/mol. The lowest BCUT2D eigenvalue weighted by Crippen LogP contribution is -2.57. The van der Waals surface area contributed by atoms with Crippen molar-refractivity contribution in [3.05, 3.63) is 18.2 Å². The number of rotatable bonds is 11. The summed E-state index contributed by atoms with van der Waals surface area (Å²) in [5.74, 6) is -0.379. The van der Waals surface area contributed by atoms with Crippen molar-refractivity contribution < 1.29 is 18.0 Å². The van der Waals surface area contributed by atoms with Gasteiger partial charge >= 0.3 is 0 Å². The summed E-state index contributed by atoms with van der Waals surface area (Å²) in [6, 6.07) is 4.67. The number of nitrogens with one attached hydrogen (secondary N) is 1. The predicted molar refractivity (Wildman–Crippen MR) is 135 cm³/mol. The van der Waals surface area contributed by atoms with Crippen molar-refractivity contribution in [3.8, 4) is 0 Å². The minimum absolute atomic E-state index is 0.122. The van der Waals surface area contributed by atoms with E-state index in [1.54, 1.807) is 32.0 Å². The number of hydrogen-bond acceptors (Lipinski definition) is 6. The van der Waals surface area contributed by atoms with Crippen LogP contribution in [-0.4, -0.2) is 87.8 Å². The van der Waals surface area contributed by atoms with Crippen LogP contribution < -0.4 is 15.1 Å². The molecule has 0 aliphatic carbocycles. The molecule has 2 aliphatic rings. The minimum Gasteiger partial charge on any atom is -0.358 e. The van der Waals surface area contributed by atoms with Crippen LogP contribution in [0.1, 0.15) is 47.0 Å². The number of nitrogens with zero attached hydrogens (tertiary/aromatic N) is 4. The van der Waals surface area contributed by atoms with Crippen molar-refractivity contribution in [2.24, 2.45) is 0 Å². The number of sulfonamides is 1. The van der Waals surface area contributed by atoms with Gasteiger partial charge in [0.25, 0.3) is 0 Å². The normalized spacial score (nSPS) is 18.3. The molecular formula is C24H39N5O4S. The van der Waals surface area contributed by atoms with Crippen LogP contribution in [-0.2, 0) is 19.6 Å². The van der Waals surface area contributed by atoms with E-state index >= 15 is 0 Å². The average molecular weight is 494 g/mol. The van der Waals surface area contributed by atoms with Gasteiger partial charge < -0.3 is 15.1 Å². The van der Waals surface area contributed by atoms with Crippen LogP contribution in [0, 0.1) is 0 Å². The Morgan fingerprint density at radius 2 is 1.76 bits per heavy atom. The first-order valence-corrected chi connectivity index (χ1v) is 13.9. The first-order valence-electron chi connectivity index (χ1n) is 12.5. The number of carbonyl (C=O) groups is 2. The van der Waals surface area contributed by atoms with Gasteiger partial charge in [-0.2, -0.15) is 4.31 Å². The Kier molecular flexibility index (Phi) is 8.95. The summed E-state index contributed by atoms with van der Waals surface area (Å²) in [7, 11) is -3.69. The van der Waals surface area contributed by atoms with E-state index in [0.717, 1.165) is 51.1 Å². The summed E-state index contributed by atoms with van der Waals surface area (Å²) in [4.78, 5) is 32.2. The van der Waals surface area contributed by atoms with E-state index in [2.05, 4.69) is 29.0 Å². The molecule has 0 bridgehead atoms. The third kappa shape index (κ3) is 5.39. The molecule has 0 aromatic heterocycles. The zero-order valence-electron chi connectivity index (χ0n) is 20.9. The third-order valence-corrected chi connectivity index (χ3v) is 8.94. The highest BCUT2D eigenvalue weighted by Crippen LogP contribution is 2.40. The fraction of sp³-hybridized carbons (Fsp3) is 0.667. The fourth-order valence-electron chi connectivity index (χ4n) is 4.87. The highest BCUT2D eigenvalue weighted by Gasteiger charge is 2.40. The second-order valence-electron chi connectivity index (χ2n) is 8.75. The largest absolute Gasteiger partial charge is 0.358 e. The highest BCUT2D eigenvalue weighted by molar-refractivity contribution is 7.89. The number of hydrogen-bond donors (Lipinski definition) is 1. The van der Waals surface area contributed by atoms with Crippen LogP contribution in [0.4, 0.5) is 11.4 Å². The van der Waals surface area contributed by atoms with Gasteiger partial charge in [0.1, 0.15) is 12.6 Å². The Balaban J connectivity index is 1.90. The molecule has 190 valence electrons. The third-order valence-electron chi connectivity index (χ3n) is 6.89. The van der Waals surface area contributed by atoms with Crippen molar-refractivity contribution in [3.63, 3.8) is 0 Å². The zero-order chi connectivity index (χ0) is 24.9. The van der Waals surface area contributed by atoms with Gasteiger partial charge in [-0.25, -0.2) is 8.42 Å². The van der Waals surface area contributed by atoms with E-state index in [1.165, 1.54) is 9.21 Å². The number of carbonyl (C=O) groups excluding carboxylic acids is 2. The molecule has 1 atom stereocenters. The van der Waals surface area contributed by atoms with Crippen LogP contribution in [0.2, 0.25) is 0 Å².